The van der Waals surface area contributed by atoms with Gasteiger partial charge in [-0.05, 0) is 57.7 Å². The first-order valence-corrected chi connectivity index (χ1v) is 14.6. The maximum absolute atomic E-state index is 9.61. The van der Waals surface area contributed by atoms with E-state index in [1.165, 1.54) is 35.7 Å². The van der Waals surface area contributed by atoms with Crippen LogP contribution in [0, 0.1) is 0 Å². The largest absolute Gasteiger partial charge is 0.494 e. The van der Waals surface area contributed by atoms with Crippen LogP contribution in [0.4, 0.5) is 0 Å². The molecule has 2 aromatic carbocycles. The van der Waals surface area contributed by atoms with Crippen molar-refractivity contribution < 1.29 is 14.6 Å². The molecule has 0 radical (unpaired) electrons. The lowest BCUT2D eigenvalue weighted by molar-refractivity contribution is 0.125. The van der Waals surface area contributed by atoms with Gasteiger partial charge in [-0.15, -0.1) is 11.6 Å². The molecule has 3 rings (SSSR count). The molecule has 2 aromatic rings. The fourth-order valence-electron chi connectivity index (χ4n) is 3.67. The predicted octanol–water partition coefficient (Wildman–Crippen LogP) is 6.60. The predicted molar refractivity (Wildman–Crippen MR) is 150 cm³/mol. The summed E-state index contributed by atoms with van der Waals surface area (Å²) in [5.41, 5.74) is 2.21. The summed E-state index contributed by atoms with van der Waals surface area (Å²) in [6, 6.07) is 14.5. The number of aliphatic hydroxyl groups is 1. The van der Waals surface area contributed by atoms with Crippen LogP contribution in [-0.2, 0) is 5.41 Å². The highest BCUT2D eigenvalue weighted by Gasteiger charge is 2.24. The minimum atomic E-state index is -0.677. The number of ether oxygens (including phenoxy) is 2. The standard InChI is InChI=1S/C25H33BrClNO3S.C2H6/c1-25(2,20-6-9-24(23(26)16-20)31-18-21(29)17-27)19-4-7-22(8-5-19)30-13-3-10-28-11-14-32-15-12-28;1-2/h4-9,16,21,29H,3,10-15,17-18H2,1-2H3;1-2H3. The highest BCUT2D eigenvalue weighted by atomic mass is 79.9. The summed E-state index contributed by atoms with van der Waals surface area (Å²) in [6.45, 7) is 12.9. The van der Waals surface area contributed by atoms with Crippen LogP contribution in [0.25, 0.3) is 0 Å². The fourth-order valence-corrected chi connectivity index (χ4v) is 5.24. The summed E-state index contributed by atoms with van der Waals surface area (Å²) in [5.74, 6) is 4.27. The summed E-state index contributed by atoms with van der Waals surface area (Å²) in [6.07, 6.45) is 0.381. The second kappa shape index (κ2) is 15.2. The smallest absolute Gasteiger partial charge is 0.133 e. The Morgan fingerprint density at radius 3 is 2.32 bits per heavy atom. The molecule has 7 heteroatoms. The maximum Gasteiger partial charge on any atom is 0.133 e. The zero-order chi connectivity index (χ0) is 25.0. The van der Waals surface area contributed by atoms with E-state index in [1.54, 1.807) is 0 Å². The van der Waals surface area contributed by atoms with Crippen LogP contribution in [0.2, 0.25) is 0 Å². The monoisotopic (exact) mass is 571 g/mol. The van der Waals surface area contributed by atoms with E-state index >= 15 is 0 Å². The Bertz CT molecular complexity index is 844. The minimum Gasteiger partial charge on any atom is -0.494 e. The molecule has 0 aliphatic carbocycles. The minimum absolute atomic E-state index is 0.153. The number of thioether (sulfide) groups is 1. The van der Waals surface area contributed by atoms with Gasteiger partial charge in [0.05, 0.1) is 17.0 Å². The van der Waals surface area contributed by atoms with Gasteiger partial charge in [0.1, 0.15) is 24.2 Å². The zero-order valence-corrected chi connectivity index (χ0v) is 24.0. The molecule has 1 heterocycles. The number of aliphatic hydroxyl groups excluding tert-OH is 1. The van der Waals surface area contributed by atoms with E-state index in [2.05, 4.69) is 71.1 Å². The lowest BCUT2D eigenvalue weighted by atomic mass is 9.78. The molecular weight excluding hydrogens is 534 g/mol. The summed E-state index contributed by atoms with van der Waals surface area (Å²) in [7, 11) is 0. The van der Waals surface area contributed by atoms with Crippen molar-refractivity contribution in [3.05, 3.63) is 58.1 Å². The van der Waals surface area contributed by atoms with Gasteiger partial charge in [-0.25, -0.2) is 0 Å². The van der Waals surface area contributed by atoms with Crippen LogP contribution in [0.5, 0.6) is 11.5 Å². The zero-order valence-electron chi connectivity index (χ0n) is 20.9. The second-order valence-electron chi connectivity index (χ2n) is 8.57. The molecule has 1 unspecified atom stereocenters. The van der Waals surface area contributed by atoms with E-state index in [0.717, 1.165) is 29.8 Å². The molecule has 1 N–H and O–H groups in total. The molecule has 1 fully saturated rings. The molecule has 1 aliphatic heterocycles. The first-order chi connectivity index (χ1) is 16.4. The molecular formula is C27H39BrClNO3S. The molecule has 0 saturated carbocycles. The number of rotatable bonds is 11. The van der Waals surface area contributed by atoms with Crippen molar-refractivity contribution in [2.45, 2.75) is 45.6 Å². The Balaban J connectivity index is 0.00000199. The number of alkyl halides is 1. The van der Waals surface area contributed by atoms with Crippen molar-refractivity contribution in [2.75, 3.05) is 50.2 Å². The van der Waals surface area contributed by atoms with Crippen molar-refractivity contribution in [2.24, 2.45) is 0 Å². The van der Waals surface area contributed by atoms with Gasteiger partial charge in [-0.1, -0.05) is 45.9 Å². The Hall–Kier alpha value is -0.920. The van der Waals surface area contributed by atoms with Crippen LogP contribution in [-0.4, -0.2) is 66.3 Å². The van der Waals surface area contributed by atoms with Gasteiger partial charge in [0.25, 0.3) is 0 Å². The molecule has 4 nitrogen and oxygen atoms in total. The van der Waals surface area contributed by atoms with E-state index in [4.69, 9.17) is 21.1 Å². The Morgan fingerprint density at radius 2 is 1.71 bits per heavy atom. The van der Waals surface area contributed by atoms with Crippen LogP contribution in [0.1, 0.15) is 45.2 Å². The van der Waals surface area contributed by atoms with Crippen LogP contribution >= 0.6 is 39.3 Å². The van der Waals surface area contributed by atoms with Gasteiger partial charge in [-0.3, -0.25) is 0 Å². The molecule has 1 saturated heterocycles. The molecule has 0 bridgehead atoms. The fraction of sp³-hybridized carbons (Fsp3) is 0.556. The first-order valence-electron chi connectivity index (χ1n) is 12.1. The third-order valence-electron chi connectivity index (χ3n) is 5.83. The molecule has 0 spiro atoms. The van der Waals surface area contributed by atoms with E-state index in [-0.39, 0.29) is 17.9 Å². The number of nitrogens with zero attached hydrogens (tertiary/aromatic N) is 1. The van der Waals surface area contributed by atoms with Crippen molar-refractivity contribution >= 4 is 39.3 Å². The van der Waals surface area contributed by atoms with Crippen molar-refractivity contribution in [3.8, 4) is 11.5 Å². The third kappa shape index (κ3) is 8.94. The van der Waals surface area contributed by atoms with Gasteiger partial charge >= 0.3 is 0 Å². The molecule has 190 valence electrons. The average Bonchev–Trinajstić information content (AvgIpc) is 2.87. The van der Waals surface area contributed by atoms with Crippen molar-refractivity contribution in [1.29, 1.82) is 0 Å². The normalized spacial score (nSPS) is 15.3. The van der Waals surface area contributed by atoms with Gasteiger partial charge in [0, 0.05) is 36.6 Å². The van der Waals surface area contributed by atoms with E-state index in [1.807, 2.05) is 31.7 Å². The summed E-state index contributed by atoms with van der Waals surface area (Å²) in [5, 5.41) is 9.61. The number of hydrogen-bond acceptors (Lipinski definition) is 5. The van der Waals surface area contributed by atoms with Crippen molar-refractivity contribution in [1.82, 2.24) is 4.90 Å². The number of hydrogen-bond donors (Lipinski definition) is 1. The average molecular weight is 573 g/mol. The summed E-state index contributed by atoms with van der Waals surface area (Å²) >= 11 is 11.3. The van der Waals surface area contributed by atoms with Crippen LogP contribution in [0.15, 0.2) is 46.9 Å². The van der Waals surface area contributed by atoms with Gasteiger partial charge in [-0.2, -0.15) is 11.8 Å². The quantitative estimate of drug-likeness (QED) is 0.243. The molecule has 0 amide bonds. The van der Waals surface area contributed by atoms with E-state index in [9.17, 15) is 5.11 Å². The van der Waals surface area contributed by atoms with Crippen LogP contribution < -0.4 is 9.47 Å². The second-order valence-corrected chi connectivity index (χ2v) is 11.0. The molecule has 34 heavy (non-hydrogen) atoms. The number of benzene rings is 2. The Labute approximate surface area is 223 Å². The van der Waals surface area contributed by atoms with Crippen LogP contribution in [0.3, 0.4) is 0 Å². The van der Waals surface area contributed by atoms with E-state index < -0.39 is 6.10 Å². The first kappa shape index (κ1) is 29.3. The van der Waals surface area contributed by atoms with Gasteiger partial charge in [0.15, 0.2) is 0 Å². The molecule has 0 aromatic heterocycles. The highest BCUT2D eigenvalue weighted by Crippen LogP contribution is 2.36. The SMILES string of the molecule is CC.CC(C)(c1ccc(OCCCN2CCSCC2)cc1)c1ccc(OCC(O)CCl)c(Br)c1. The van der Waals surface area contributed by atoms with E-state index in [0.29, 0.717) is 5.75 Å². The van der Waals surface area contributed by atoms with Gasteiger partial charge < -0.3 is 19.5 Å². The summed E-state index contributed by atoms with van der Waals surface area (Å²) in [4.78, 5) is 2.53. The molecule has 1 atom stereocenters. The maximum atomic E-state index is 9.61. The van der Waals surface area contributed by atoms with Gasteiger partial charge in [0.2, 0.25) is 0 Å². The summed E-state index contributed by atoms with van der Waals surface area (Å²) < 4.78 is 12.5. The highest BCUT2D eigenvalue weighted by molar-refractivity contribution is 9.10. The topological polar surface area (TPSA) is 41.9 Å². The third-order valence-corrected chi connectivity index (χ3v) is 7.75. The Morgan fingerprint density at radius 1 is 1.06 bits per heavy atom. The number of halogens is 2. The molecule has 1 aliphatic rings. The lowest BCUT2D eigenvalue weighted by Gasteiger charge is -2.27. The Kier molecular flexibility index (Phi) is 13.1. The van der Waals surface area contributed by atoms with Crippen molar-refractivity contribution in [3.63, 3.8) is 0 Å². The lowest BCUT2D eigenvalue weighted by Crippen LogP contribution is -2.33.